The maximum Gasteiger partial charge on any atom is 0.278 e. The van der Waals surface area contributed by atoms with E-state index in [1.165, 1.54) is 4.68 Å². The summed E-state index contributed by atoms with van der Waals surface area (Å²) < 4.78 is 1.44. The molecular formula is C19H13Cl2N3O. The van der Waals surface area contributed by atoms with E-state index in [4.69, 9.17) is 23.2 Å². The van der Waals surface area contributed by atoms with E-state index in [0.717, 1.165) is 22.5 Å². The van der Waals surface area contributed by atoms with E-state index < -0.39 is 0 Å². The van der Waals surface area contributed by atoms with Crippen LogP contribution in [0.25, 0.3) is 17.3 Å². The molecule has 0 amide bonds. The minimum absolute atomic E-state index is 0.166. The highest BCUT2D eigenvalue weighted by Gasteiger charge is 2.16. The zero-order chi connectivity index (χ0) is 17.6. The Morgan fingerprint density at radius 1 is 1.12 bits per heavy atom. The summed E-state index contributed by atoms with van der Waals surface area (Å²) in [5, 5.41) is 4.02. The van der Waals surface area contributed by atoms with Crippen molar-refractivity contribution in [2.45, 2.75) is 6.92 Å². The summed E-state index contributed by atoms with van der Waals surface area (Å²) in [6, 6.07) is 12.8. The Labute approximate surface area is 154 Å². The van der Waals surface area contributed by atoms with E-state index in [2.05, 4.69) is 10.1 Å². The molecule has 0 bridgehead atoms. The second-order valence-electron chi connectivity index (χ2n) is 5.79. The van der Waals surface area contributed by atoms with Crippen LogP contribution in [0, 0.1) is 6.92 Å². The molecule has 4 rings (SSSR count). The molecule has 1 aliphatic rings. The smallest absolute Gasteiger partial charge is 0.278 e. The molecule has 3 aromatic rings. The first kappa shape index (κ1) is 15.9. The van der Waals surface area contributed by atoms with Gasteiger partial charge in [0.05, 0.1) is 16.9 Å². The molecule has 0 saturated carbocycles. The second-order valence-corrected chi connectivity index (χ2v) is 6.67. The normalized spacial score (nSPS) is 14.3. The zero-order valence-electron chi connectivity index (χ0n) is 13.3. The number of aryl methyl sites for hydroxylation is 1. The summed E-state index contributed by atoms with van der Waals surface area (Å²) in [5.41, 5.74) is 4.59. The van der Waals surface area contributed by atoms with E-state index in [-0.39, 0.29) is 5.56 Å². The summed E-state index contributed by atoms with van der Waals surface area (Å²) in [4.78, 5) is 17.2. The third-order valence-corrected chi connectivity index (χ3v) is 4.52. The molecule has 0 saturated heterocycles. The monoisotopic (exact) mass is 369 g/mol. The number of aromatic nitrogens is 2. The van der Waals surface area contributed by atoms with Crippen LogP contribution in [0.4, 0.5) is 5.69 Å². The number of benzene rings is 2. The van der Waals surface area contributed by atoms with Gasteiger partial charge in [-0.2, -0.15) is 0 Å². The summed E-state index contributed by atoms with van der Waals surface area (Å²) >= 11 is 12.1. The van der Waals surface area contributed by atoms with Crippen LogP contribution in [-0.2, 0) is 0 Å². The molecule has 2 aromatic carbocycles. The Kier molecular flexibility index (Phi) is 3.86. The van der Waals surface area contributed by atoms with Gasteiger partial charge in [-0.05, 0) is 37.3 Å². The molecule has 0 spiro atoms. The Balaban J connectivity index is 1.84. The maximum atomic E-state index is 12.9. The van der Waals surface area contributed by atoms with Crippen molar-refractivity contribution in [3.8, 4) is 5.69 Å². The van der Waals surface area contributed by atoms with Gasteiger partial charge in [0.1, 0.15) is 0 Å². The van der Waals surface area contributed by atoms with Gasteiger partial charge in [-0.3, -0.25) is 14.9 Å². The Bertz CT molecular complexity index is 1090. The van der Waals surface area contributed by atoms with Gasteiger partial charge < -0.3 is 0 Å². The maximum absolute atomic E-state index is 12.9. The lowest BCUT2D eigenvalue weighted by Crippen LogP contribution is -2.16. The van der Waals surface area contributed by atoms with Crippen molar-refractivity contribution < 1.29 is 0 Å². The van der Waals surface area contributed by atoms with Crippen LogP contribution in [0.2, 0.25) is 10.0 Å². The lowest BCUT2D eigenvalue weighted by atomic mass is 10.0. The molecule has 1 aliphatic heterocycles. The van der Waals surface area contributed by atoms with E-state index in [1.54, 1.807) is 24.4 Å². The average molecular weight is 370 g/mol. The highest BCUT2D eigenvalue weighted by atomic mass is 35.5. The SMILES string of the molecule is Cc1[nH]n(-c2cc(Cl)cc(Cl)c2)c(=O)c1C=C1C=Nc2ccccc21. The number of nitrogens with one attached hydrogen (secondary N) is 1. The van der Waals surface area contributed by atoms with Crippen LogP contribution < -0.4 is 5.56 Å². The second kappa shape index (κ2) is 6.06. The van der Waals surface area contributed by atoms with E-state index in [0.29, 0.717) is 21.3 Å². The van der Waals surface area contributed by atoms with Crippen LogP contribution in [0.5, 0.6) is 0 Å². The highest BCUT2D eigenvalue weighted by Crippen LogP contribution is 2.32. The first-order chi connectivity index (χ1) is 12.0. The molecule has 25 heavy (non-hydrogen) atoms. The Hall–Kier alpha value is -2.56. The number of aromatic amines is 1. The molecule has 0 radical (unpaired) electrons. The number of aliphatic imine (C=N–C) groups is 1. The number of hydrogen-bond acceptors (Lipinski definition) is 2. The molecule has 6 heteroatoms. The van der Waals surface area contributed by atoms with Gasteiger partial charge in [0, 0.05) is 33.1 Å². The van der Waals surface area contributed by atoms with Gasteiger partial charge in [0.2, 0.25) is 0 Å². The number of nitrogens with zero attached hydrogens (tertiary/aromatic N) is 2. The van der Waals surface area contributed by atoms with Gasteiger partial charge in [0.25, 0.3) is 5.56 Å². The third-order valence-electron chi connectivity index (χ3n) is 4.08. The minimum atomic E-state index is -0.166. The zero-order valence-corrected chi connectivity index (χ0v) is 14.8. The fraction of sp³-hybridized carbons (Fsp3) is 0.0526. The molecule has 124 valence electrons. The first-order valence-electron chi connectivity index (χ1n) is 7.66. The van der Waals surface area contributed by atoms with Gasteiger partial charge in [-0.1, -0.05) is 41.4 Å². The molecule has 4 nitrogen and oxygen atoms in total. The summed E-state index contributed by atoms with van der Waals surface area (Å²) in [6.45, 7) is 1.86. The van der Waals surface area contributed by atoms with Crippen LogP contribution in [0.15, 0.2) is 52.3 Å². The van der Waals surface area contributed by atoms with Crippen molar-refractivity contribution in [1.82, 2.24) is 9.78 Å². The van der Waals surface area contributed by atoms with Crippen LogP contribution in [-0.4, -0.2) is 16.0 Å². The number of hydrogen-bond donors (Lipinski definition) is 1. The Morgan fingerprint density at radius 3 is 2.60 bits per heavy atom. The predicted molar refractivity (Wildman–Crippen MR) is 104 cm³/mol. The minimum Gasteiger partial charge on any atom is -0.295 e. The number of allylic oxidation sites excluding steroid dienone is 1. The Morgan fingerprint density at radius 2 is 1.84 bits per heavy atom. The molecule has 1 N–H and O–H groups in total. The lowest BCUT2D eigenvalue weighted by Gasteiger charge is -2.03. The molecule has 0 unspecified atom stereocenters. The average Bonchev–Trinajstić information content (AvgIpc) is 3.10. The summed E-state index contributed by atoms with van der Waals surface area (Å²) in [6.07, 6.45) is 3.63. The predicted octanol–water partition coefficient (Wildman–Crippen LogP) is 5.04. The standard InChI is InChI=1S/C19H13Cl2N3O/c1-11-17(6-12-10-22-18-5-3-2-4-16(12)18)19(25)24(23-11)15-8-13(20)7-14(21)9-15/h2-10,23H,1H3. The van der Waals surface area contributed by atoms with Crippen molar-refractivity contribution in [1.29, 1.82) is 0 Å². The molecule has 1 aromatic heterocycles. The van der Waals surface area contributed by atoms with Crippen molar-refractivity contribution in [3.63, 3.8) is 0 Å². The number of halogens is 2. The van der Waals surface area contributed by atoms with Gasteiger partial charge in [-0.15, -0.1) is 0 Å². The topological polar surface area (TPSA) is 50.1 Å². The fourth-order valence-corrected chi connectivity index (χ4v) is 3.40. The van der Waals surface area contributed by atoms with Crippen LogP contribution in [0.3, 0.4) is 0 Å². The van der Waals surface area contributed by atoms with Gasteiger partial charge in [-0.25, -0.2) is 4.68 Å². The largest absolute Gasteiger partial charge is 0.295 e. The highest BCUT2D eigenvalue weighted by molar-refractivity contribution is 6.34. The van der Waals surface area contributed by atoms with Crippen molar-refractivity contribution in [2.75, 3.05) is 0 Å². The van der Waals surface area contributed by atoms with Gasteiger partial charge >= 0.3 is 0 Å². The van der Waals surface area contributed by atoms with Crippen LogP contribution >= 0.6 is 23.2 Å². The van der Waals surface area contributed by atoms with Crippen LogP contribution in [0.1, 0.15) is 16.8 Å². The molecule has 0 aliphatic carbocycles. The van der Waals surface area contributed by atoms with Crippen molar-refractivity contribution >= 4 is 46.8 Å². The molecule has 0 atom stereocenters. The summed E-state index contributed by atoms with van der Waals surface area (Å²) in [7, 11) is 0. The molecule has 2 heterocycles. The summed E-state index contributed by atoms with van der Waals surface area (Å²) in [5.74, 6) is 0. The van der Waals surface area contributed by atoms with Crippen molar-refractivity contribution in [2.24, 2.45) is 4.99 Å². The quantitative estimate of drug-likeness (QED) is 0.675. The van der Waals surface area contributed by atoms with Gasteiger partial charge in [0.15, 0.2) is 0 Å². The van der Waals surface area contributed by atoms with E-state index >= 15 is 0 Å². The first-order valence-corrected chi connectivity index (χ1v) is 8.42. The number of H-pyrrole nitrogens is 1. The van der Waals surface area contributed by atoms with E-state index in [9.17, 15) is 4.79 Å². The van der Waals surface area contributed by atoms with E-state index in [1.807, 2.05) is 37.3 Å². The fourth-order valence-electron chi connectivity index (χ4n) is 2.89. The number of rotatable bonds is 2. The number of para-hydroxylation sites is 1. The molecule has 0 fully saturated rings. The third kappa shape index (κ3) is 2.84. The molecular weight excluding hydrogens is 357 g/mol. The lowest BCUT2D eigenvalue weighted by molar-refractivity contribution is 0.835. The number of fused-ring (bicyclic) bond motifs is 1. The van der Waals surface area contributed by atoms with Crippen molar-refractivity contribution in [3.05, 3.63) is 79.7 Å².